The van der Waals surface area contributed by atoms with E-state index in [-0.39, 0.29) is 12.1 Å². The maximum Gasteiger partial charge on any atom is 0.257 e. The second-order valence-corrected chi connectivity index (χ2v) is 6.26. The molecule has 6 nitrogen and oxygen atoms in total. The average molecular weight is 352 g/mol. The van der Waals surface area contributed by atoms with Gasteiger partial charge in [-0.1, -0.05) is 18.2 Å². The summed E-state index contributed by atoms with van der Waals surface area (Å²) >= 11 is 0. The molecule has 26 heavy (non-hydrogen) atoms. The van der Waals surface area contributed by atoms with Gasteiger partial charge in [0.25, 0.3) is 5.91 Å². The zero-order valence-electron chi connectivity index (χ0n) is 14.9. The first kappa shape index (κ1) is 16.3. The molecule has 0 saturated carbocycles. The lowest BCUT2D eigenvalue weighted by Gasteiger charge is -2.38. The number of ether oxygens (including phenoxy) is 3. The van der Waals surface area contributed by atoms with Crippen LogP contribution in [0.1, 0.15) is 15.9 Å². The van der Waals surface area contributed by atoms with Gasteiger partial charge in [0.05, 0.1) is 25.5 Å². The molecule has 2 heterocycles. The number of amides is 1. The number of anilines is 1. The van der Waals surface area contributed by atoms with Crippen LogP contribution in [0, 0.1) is 0 Å². The Morgan fingerprint density at radius 2 is 1.88 bits per heavy atom. The number of nitrogens with zero attached hydrogens (tertiary/aromatic N) is 1. The summed E-state index contributed by atoms with van der Waals surface area (Å²) < 4.78 is 16.5. The van der Waals surface area contributed by atoms with Crippen molar-refractivity contribution in [2.45, 2.75) is 6.17 Å². The Morgan fingerprint density at radius 3 is 2.65 bits per heavy atom. The normalized spacial score (nSPS) is 18.1. The molecule has 0 spiro atoms. The largest absolute Gasteiger partial charge is 0.493 e. The summed E-state index contributed by atoms with van der Waals surface area (Å²) in [7, 11) is 4.91. The van der Waals surface area contributed by atoms with Crippen LogP contribution < -0.4 is 19.5 Å². The molecule has 6 heteroatoms. The van der Waals surface area contributed by atoms with Crippen LogP contribution in [0.4, 0.5) is 5.69 Å². The second kappa shape index (κ2) is 6.29. The number of carbonyl (C=O) groups excluding carboxylic acids is 1. The molecular formula is C20H20N2O4. The number of hydrogen-bond acceptors (Lipinski definition) is 5. The van der Waals surface area contributed by atoms with Gasteiger partial charge in [0.15, 0.2) is 11.5 Å². The van der Waals surface area contributed by atoms with Crippen molar-refractivity contribution in [2.24, 2.45) is 0 Å². The Labute approximate surface area is 152 Å². The van der Waals surface area contributed by atoms with Gasteiger partial charge in [-0.3, -0.25) is 4.79 Å². The number of para-hydroxylation sites is 1. The minimum atomic E-state index is -0.290. The maximum absolute atomic E-state index is 12.9. The van der Waals surface area contributed by atoms with Crippen LogP contribution in [0.3, 0.4) is 0 Å². The summed E-state index contributed by atoms with van der Waals surface area (Å²) in [4.78, 5) is 14.6. The minimum absolute atomic E-state index is 0.0792. The van der Waals surface area contributed by atoms with E-state index in [4.69, 9.17) is 14.2 Å². The highest BCUT2D eigenvalue weighted by Gasteiger charge is 2.34. The van der Waals surface area contributed by atoms with Crippen molar-refractivity contribution in [1.29, 1.82) is 0 Å². The van der Waals surface area contributed by atoms with E-state index in [9.17, 15) is 4.79 Å². The average Bonchev–Trinajstić information content (AvgIpc) is 2.69. The Morgan fingerprint density at radius 1 is 1.15 bits per heavy atom. The van der Waals surface area contributed by atoms with Crippen LogP contribution in [0.2, 0.25) is 0 Å². The minimum Gasteiger partial charge on any atom is -0.493 e. The number of hydrogen-bond donors (Lipinski definition) is 1. The lowest BCUT2D eigenvalue weighted by Crippen LogP contribution is -2.48. The van der Waals surface area contributed by atoms with E-state index in [0.717, 1.165) is 22.6 Å². The molecule has 0 saturated heterocycles. The summed E-state index contributed by atoms with van der Waals surface area (Å²) in [5.41, 5.74) is 3.27. The Bertz CT molecular complexity index is 907. The van der Waals surface area contributed by atoms with Crippen LogP contribution in [-0.4, -0.2) is 44.8 Å². The first-order valence-electron chi connectivity index (χ1n) is 8.34. The van der Waals surface area contributed by atoms with Gasteiger partial charge in [-0.05, 0) is 18.2 Å². The van der Waals surface area contributed by atoms with Crippen LogP contribution in [0.5, 0.6) is 17.2 Å². The van der Waals surface area contributed by atoms with Gasteiger partial charge >= 0.3 is 0 Å². The Balaban J connectivity index is 1.73. The van der Waals surface area contributed by atoms with E-state index in [0.29, 0.717) is 23.7 Å². The number of rotatable bonds is 3. The molecule has 1 amide bonds. The number of likely N-dealkylation sites (N-methyl/N-ethyl adjacent to an activating group) is 1. The summed E-state index contributed by atoms with van der Waals surface area (Å²) in [5, 5.41) is 3.42. The predicted octanol–water partition coefficient (Wildman–Crippen LogP) is 3.00. The molecule has 0 unspecified atom stereocenters. The van der Waals surface area contributed by atoms with Crippen molar-refractivity contribution in [3.8, 4) is 17.2 Å². The number of fused-ring (bicyclic) bond motifs is 2. The third kappa shape index (κ3) is 2.54. The number of methoxy groups -OCH3 is 2. The van der Waals surface area contributed by atoms with Gasteiger partial charge in [0.1, 0.15) is 18.5 Å². The van der Waals surface area contributed by atoms with Gasteiger partial charge in [0.2, 0.25) is 0 Å². The van der Waals surface area contributed by atoms with Crippen LogP contribution >= 0.6 is 0 Å². The molecule has 0 aromatic heterocycles. The molecule has 0 fully saturated rings. The smallest absolute Gasteiger partial charge is 0.257 e. The van der Waals surface area contributed by atoms with Crippen LogP contribution in [0.15, 0.2) is 42.0 Å². The summed E-state index contributed by atoms with van der Waals surface area (Å²) in [6.07, 6.45) is 1.79. The van der Waals surface area contributed by atoms with Crippen molar-refractivity contribution in [3.63, 3.8) is 0 Å². The lowest BCUT2D eigenvalue weighted by molar-refractivity contribution is 0.0751. The third-order valence-corrected chi connectivity index (χ3v) is 4.76. The first-order chi connectivity index (χ1) is 12.6. The SMILES string of the molecule is COc1cc2c(cc1OC)C(=O)N(C)[C@H](C1=Cc3ccccc3OC1)N2. The Hall–Kier alpha value is -3.15. The summed E-state index contributed by atoms with van der Waals surface area (Å²) in [6.45, 7) is 0.426. The number of nitrogens with one attached hydrogen (secondary N) is 1. The van der Waals surface area contributed by atoms with Gasteiger partial charge < -0.3 is 24.4 Å². The molecule has 0 radical (unpaired) electrons. The van der Waals surface area contributed by atoms with E-state index in [1.165, 1.54) is 0 Å². The van der Waals surface area contributed by atoms with Crippen molar-refractivity contribution in [1.82, 2.24) is 4.90 Å². The fourth-order valence-electron chi connectivity index (χ4n) is 3.36. The monoisotopic (exact) mass is 352 g/mol. The van der Waals surface area contributed by atoms with E-state index >= 15 is 0 Å². The molecule has 2 aliphatic heterocycles. The van der Waals surface area contributed by atoms with Gasteiger partial charge in [-0.2, -0.15) is 0 Å². The molecule has 4 rings (SSSR count). The maximum atomic E-state index is 12.9. The highest BCUT2D eigenvalue weighted by molar-refractivity contribution is 6.03. The highest BCUT2D eigenvalue weighted by atomic mass is 16.5. The summed E-state index contributed by atoms with van der Waals surface area (Å²) in [5.74, 6) is 1.88. The number of benzene rings is 2. The van der Waals surface area contributed by atoms with Crippen molar-refractivity contribution in [2.75, 3.05) is 33.2 Å². The standard InChI is InChI=1S/C20H20N2O4/c1-22-19(13-8-12-6-4-5-7-16(12)26-11-13)21-15-10-18(25-3)17(24-2)9-14(15)20(22)23/h4-10,19,21H,11H2,1-3H3/t19-/m1/s1. The fourth-order valence-corrected chi connectivity index (χ4v) is 3.36. The van der Waals surface area contributed by atoms with Crippen molar-refractivity contribution in [3.05, 3.63) is 53.1 Å². The second-order valence-electron chi connectivity index (χ2n) is 6.26. The first-order valence-corrected chi connectivity index (χ1v) is 8.34. The molecule has 2 aromatic rings. The molecule has 1 N–H and O–H groups in total. The molecule has 1 atom stereocenters. The zero-order valence-corrected chi connectivity index (χ0v) is 14.9. The molecule has 0 bridgehead atoms. The van der Waals surface area contributed by atoms with Gasteiger partial charge in [0, 0.05) is 24.3 Å². The predicted molar refractivity (Wildman–Crippen MR) is 99.0 cm³/mol. The van der Waals surface area contributed by atoms with Gasteiger partial charge in [-0.15, -0.1) is 0 Å². The quantitative estimate of drug-likeness (QED) is 0.920. The van der Waals surface area contributed by atoms with Crippen LogP contribution in [0.25, 0.3) is 6.08 Å². The molecule has 0 aliphatic carbocycles. The molecule has 2 aromatic carbocycles. The van der Waals surface area contributed by atoms with E-state index in [2.05, 4.69) is 11.4 Å². The lowest BCUT2D eigenvalue weighted by atomic mass is 10.0. The van der Waals surface area contributed by atoms with Crippen molar-refractivity contribution >= 4 is 17.7 Å². The van der Waals surface area contributed by atoms with Gasteiger partial charge in [-0.25, -0.2) is 0 Å². The summed E-state index contributed by atoms with van der Waals surface area (Å²) in [6, 6.07) is 11.4. The number of carbonyl (C=O) groups is 1. The fraction of sp³-hybridized carbons (Fsp3) is 0.250. The third-order valence-electron chi connectivity index (χ3n) is 4.76. The highest BCUT2D eigenvalue weighted by Crippen LogP contribution is 2.38. The molecule has 2 aliphatic rings. The molecule has 134 valence electrons. The topological polar surface area (TPSA) is 60.0 Å². The van der Waals surface area contributed by atoms with Crippen molar-refractivity contribution < 1.29 is 19.0 Å². The van der Waals surface area contributed by atoms with E-state index < -0.39 is 0 Å². The zero-order chi connectivity index (χ0) is 18.3. The molecular weight excluding hydrogens is 332 g/mol. The van der Waals surface area contributed by atoms with E-state index in [1.807, 2.05) is 24.3 Å². The van der Waals surface area contributed by atoms with Crippen LogP contribution in [-0.2, 0) is 0 Å². The Kier molecular flexibility index (Phi) is 3.95. The van der Waals surface area contributed by atoms with E-state index in [1.54, 1.807) is 38.3 Å².